The smallest absolute Gasteiger partial charge is 0.0917 e. The third-order valence-corrected chi connectivity index (χ3v) is 2.06. The zero-order valence-electron chi connectivity index (χ0n) is 5.47. The van der Waals surface area contributed by atoms with Gasteiger partial charge in [-0.05, 0) is 12.8 Å². The van der Waals surface area contributed by atoms with Crippen LogP contribution in [-0.2, 0) is 0 Å². The fraction of sp³-hybridized carbons (Fsp3) is 0.833. The van der Waals surface area contributed by atoms with Crippen LogP contribution in [0.25, 0.3) is 0 Å². The van der Waals surface area contributed by atoms with E-state index >= 15 is 0 Å². The fourth-order valence-corrected chi connectivity index (χ4v) is 1.28. The first kappa shape index (κ1) is 6.96. The molecule has 1 saturated heterocycles. The highest BCUT2D eigenvalue weighted by atomic mass is 32.1. The number of rotatable bonds is 1. The highest BCUT2D eigenvalue weighted by molar-refractivity contribution is 7.80. The molecule has 0 radical (unpaired) electrons. The van der Waals surface area contributed by atoms with Gasteiger partial charge < -0.3 is 10.6 Å². The van der Waals surface area contributed by atoms with Gasteiger partial charge in [0.05, 0.1) is 4.99 Å². The van der Waals surface area contributed by atoms with Gasteiger partial charge in [0.1, 0.15) is 0 Å². The molecule has 2 N–H and O–H groups in total. The molecule has 0 spiro atoms. The lowest BCUT2D eigenvalue weighted by molar-refractivity contribution is 0.522. The van der Waals surface area contributed by atoms with Crippen LogP contribution < -0.4 is 5.73 Å². The van der Waals surface area contributed by atoms with E-state index in [4.69, 9.17) is 18.0 Å². The number of hydrogen-bond acceptors (Lipinski definition) is 2. The molecule has 1 aliphatic heterocycles. The van der Waals surface area contributed by atoms with Gasteiger partial charge in [0.2, 0.25) is 0 Å². The molecule has 3 heteroatoms. The number of likely N-dealkylation sites (tertiary alicyclic amines) is 1. The average Bonchev–Trinajstić information content (AvgIpc) is 2.37. The average molecular weight is 144 g/mol. The summed E-state index contributed by atoms with van der Waals surface area (Å²) in [7, 11) is 0. The van der Waals surface area contributed by atoms with E-state index in [1.807, 2.05) is 0 Å². The minimum Gasteiger partial charge on any atom is -0.365 e. The third-order valence-electron chi connectivity index (χ3n) is 1.63. The molecule has 0 aromatic carbocycles. The Labute approximate surface area is 61.0 Å². The van der Waals surface area contributed by atoms with Crippen LogP contribution in [-0.4, -0.2) is 29.5 Å². The summed E-state index contributed by atoms with van der Waals surface area (Å²) >= 11 is 5.02. The molecule has 0 atom stereocenters. The van der Waals surface area contributed by atoms with Gasteiger partial charge in [-0.15, -0.1) is 0 Å². The SMILES string of the molecule is NCC(=S)N1CCCC1. The van der Waals surface area contributed by atoms with Crippen LogP contribution in [0.3, 0.4) is 0 Å². The normalized spacial score (nSPS) is 18.6. The first-order chi connectivity index (χ1) is 4.34. The Bertz CT molecular complexity index is 108. The van der Waals surface area contributed by atoms with E-state index in [1.54, 1.807) is 0 Å². The molecular formula is C6H12N2S. The lowest BCUT2D eigenvalue weighted by Gasteiger charge is -2.15. The van der Waals surface area contributed by atoms with Crippen LogP contribution in [0.5, 0.6) is 0 Å². The summed E-state index contributed by atoms with van der Waals surface area (Å²) in [5.74, 6) is 0. The van der Waals surface area contributed by atoms with E-state index in [2.05, 4.69) is 4.90 Å². The summed E-state index contributed by atoms with van der Waals surface area (Å²) in [5.41, 5.74) is 5.37. The van der Waals surface area contributed by atoms with Crippen LogP contribution in [0.15, 0.2) is 0 Å². The van der Waals surface area contributed by atoms with Crippen molar-refractivity contribution >= 4 is 17.2 Å². The molecule has 52 valence electrons. The Morgan fingerprint density at radius 1 is 1.44 bits per heavy atom. The Morgan fingerprint density at radius 2 is 2.00 bits per heavy atom. The second kappa shape index (κ2) is 3.13. The maximum absolute atomic E-state index is 5.37. The van der Waals surface area contributed by atoms with E-state index in [0.717, 1.165) is 18.1 Å². The first-order valence-electron chi connectivity index (χ1n) is 3.32. The second-order valence-corrected chi connectivity index (χ2v) is 2.76. The van der Waals surface area contributed by atoms with Gasteiger partial charge in [0.25, 0.3) is 0 Å². The molecule has 2 nitrogen and oxygen atoms in total. The van der Waals surface area contributed by atoms with Gasteiger partial charge >= 0.3 is 0 Å². The van der Waals surface area contributed by atoms with Crippen molar-refractivity contribution in [3.8, 4) is 0 Å². The Morgan fingerprint density at radius 3 is 2.44 bits per heavy atom. The van der Waals surface area contributed by atoms with Crippen molar-refractivity contribution in [3.05, 3.63) is 0 Å². The van der Waals surface area contributed by atoms with Crippen LogP contribution in [0.2, 0.25) is 0 Å². The maximum Gasteiger partial charge on any atom is 0.0917 e. The number of thiocarbonyl (C=S) groups is 1. The molecule has 9 heavy (non-hydrogen) atoms. The van der Waals surface area contributed by atoms with Crippen LogP contribution in [0.4, 0.5) is 0 Å². The monoisotopic (exact) mass is 144 g/mol. The Kier molecular flexibility index (Phi) is 2.42. The highest BCUT2D eigenvalue weighted by Crippen LogP contribution is 2.07. The molecule has 1 fully saturated rings. The molecule has 1 aliphatic rings. The van der Waals surface area contributed by atoms with Crippen molar-refractivity contribution in [2.75, 3.05) is 19.6 Å². The van der Waals surface area contributed by atoms with Crippen molar-refractivity contribution in [1.29, 1.82) is 0 Å². The zero-order valence-corrected chi connectivity index (χ0v) is 6.28. The van der Waals surface area contributed by atoms with Gasteiger partial charge in [-0.2, -0.15) is 0 Å². The standard InChI is InChI=1S/C6H12N2S/c7-5-6(9)8-3-1-2-4-8/h1-5,7H2. The predicted molar refractivity (Wildman–Crippen MR) is 42.5 cm³/mol. The fourth-order valence-electron chi connectivity index (χ4n) is 1.10. The van der Waals surface area contributed by atoms with Gasteiger partial charge in [-0.1, -0.05) is 12.2 Å². The maximum atomic E-state index is 5.37. The van der Waals surface area contributed by atoms with Crippen molar-refractivity contribution < 1.29 is 0 Å². The zero-order chi connectivity index (χ0) is 6.69. The molecule has 1 heterocycles. The van der Waals surface area contributed by atoms with E-state index in [-0.39, 0.29) is 0 Å². The van der Waals surface area contributed by atoms with Crippen LogP contribution in [0, 0.1) is 0 Å². The summed E-state index contributed by atoms with van der Waals surface area (Å²) in [6, 6.07) is 0. The minimum atomic E-state index is 0.537. The second-order valence-electron chi connectivity index (χ2n) is 2.29. The van der Waals surface area contributed by atoms with Gasteiger partial charge in [-0.25, -0.2) is 0 Å². The molecule has 0 bridgehead atoms. The summed E-state index contributed by atoms with van der Waals surface area (Å²) in [6.07, 6.45) is 2.56. The summed E-state index contributed by atoms with van der Waals surface area (Å²) in [4.78, 5) is 3.11. The van der Waals surface area contributed by atoms with E-state index in [9.17, 15) is 0 Å². The first-order valence-corrected chi connectivity index (χ1v) is 3.73. The number of hydrogen-bond donors (Lipinski definition) is 1. The van der Waals surface area contributed by atoms with E-state index in [1.165, 1.54) is 12.8 Å². The third kappa shape index (κ3) is 1.63. The van der Waals surface area contributed by atoms with Crippen LogP contribution >= 0.6 is 12.2 Å². The largest absolute Gasteiger partial charge is 0.365 e. The summed E-state index contributed by atoms with van der Waals surface area (Å²) in [5, 5.41) is 0. The van der Waals surface area contributed by atoms with E-state index in [0.29, 0.717) is 6.54 Å². The van der Waals surface area contributed by atoms with E-state index < -0.39 is 0 Å². The lowest BCUT2D eigenvalue weighted by Crippen LogP contribution is -2.31. The number of nitrogens with two attached hydrogens (primary N) is 1. The molecule has 0 saturated carbocycles. The molecular weight excluding hydrogens is 132 g/mol. The lowest BCUT2D eigenvalue weighted by atomic mass is 10.4. The van der Waals surface area contributed by atoms with Gasteiger partial charge in [-0.3, -0.25) is 0 Å². The molecule has 0 unspecified atom stereocenters. The molecule has 0 aliphatic carbocycles. The van der Waals surface area contributed by atoms with Crippen molar-refractivity contribution in [2.45, 2.75) is 12.8 Å². The number of nitrogens with zero attached hydrogens (tertiary/aromatic N) is 1. The van der Waals surface area contributed by atoms with Gasteiger partial charge in [0, 0.05) is 19.6 Å². The molecule has 0 aromatic rings. The van der Waals surface area contributed by atoms with Crippen molar-refractivity contribution in [3.63, 3.8) is 0 Å². The molecule has 0 aromatic heterocycles. The quantitative estimate of drug-likeness (QED) is 0.539. The molecule has 1 rings (SSSR count). The highest BCUT2D eigenvalue weighted by Gasteiger charge is 2.12. The van der Waals surface area contributed by atoms with Crippen LogP contribution in [0.1, 0.15) is 12.8 Å². The topological polar surface area (TPSA) is 29.3 Å². The summed E-state index contributed by atoms with van der Waals surface area (Å²) in [6.45, 7) is 2.78. The van der Waals surface area contributed by atoms with Crippen molar-refractivity contribution in [1.82, 2.24) is 4.90 Å². The molecule has 0 amide bonds. The van der Waals surface area contributed by atoms with Crippen molar-refractivity contribution in [2.24, 2.45) is 5.73 Å². The Hall–Kier alpha value is -0.150. The predicted octanol–water partition coefficient (Wildman–Crippen LogP) is 0.368. The minimum absolute atomic E-state index is 0.537. The Balaban J connectivity index is 2.32. The van der Waals surface area contributed by atoms with Gasteiger partial charge in [0.15, 0.2) is 0 Å². The summed E-state index contributed by atoms with van der Waals surface area (Å²) < 4.78 is 0.